The number of aryl methyl sites for hydroxylation is 1. The van der Waals surface area contributed by atoms with Gasteiger partial charge in [-0.25, -0.2) is 0 Å². The molecule has 2 rings (SSSR count). The molecule has 1 aromatic heterocycles. The summed E-state index contributed by atoms with van der Waals surface area (Å²) in [7, 11) is 0. The Hall–Kier alpha value is -1.54. The normalized spacial score (nSPS) is 21.0. The van der Waals surface area contributed by atoms with Crippen molar-refractivity contribution in [3.05, 3.63) is 18.0 Å². The Bertz CT molecular complexity index is 562. The first-order valence-electron chi connectivity index (χ1n) is 8.38. The van der Waals surface area contributed by atoms with Gasteiger partial charge in [-0.15, -0.1) is 0 Å². The highest BCUT2D eigenvalue weighted by atomic mass is 32.2. The van der Waals surface area contributed by atoms with E-state index in [2.05, 4.69) is 20.6 Å². The van der Waals surface area contributed by atoms with Crippen LogP contribution in [0.25, 0.3) is 0 Å². The minimum Gasteiger partial charge on any atom is -0.355 e. The zero-order chi connectivity index (χ0) is 17.5. The summed E-state index contributed by atoms with van der Waals surface area (Å²) in [6.45, 7) is 6.74. The molecule has 1 fully saturated rings. The Morgan fingerprint density at radius 1 is 1.42 bits per heavy atom. The number of amides is 2. The third kappa shape index (κ3) is 4.98. The fourth-order valence-corrected chi connectivity index (χ4v) is 3.39. The molecule has 0 aliphatic carbocycles. The van der Waals surface area contributed by atoms with Crippen molar-refractivity contribution < 1.29 is 9.59 Å². The Balaban J connectivity index is 2.03. The number of hydrogen-bond donors (Lipinski definition) is 2. The summed E-state index contributed by atoms with van der Waals surface area (Å²) in [5, 5.41) is 10.2. The van der Waals surface area contributed by atoms with Crippen molar-refractivity contribution in [1.29, 1.82) is 0 Å². The number of hydrogen-bond acceptors (Lipinski definition) is 5. The van der Waals surface area contributed by atoms with Gasteiger partial charge in [0.25, 0.3) is 0 Å². The van der Waals surface area contributed by atoms with Gasteiger partial charge in [0.15, 0.2) is 0 Å². The van der Waals surface area contributed by atoms with Crippen LogP contribution in [0.1, 0.15) is 25.8 Å². The van der Waals surface area contributed by atoms with E-state index in [9.17, 15) is 9.59 Å². The number of rotatable bonds is 8. The molecular formula is C16H27N5O2S. The van der Waals surface area contributed by atoms with Gasteiger partial charge in [-0.3, -0.25) is 19.2 Å². The average molecular weight is 353 g/mol. The Morgan fingerprint density at radius 2 is 2.21 bits per heavy atom. The molecule has 2 atom stereocenters. The molecule has 2 amide bonds. The molecule has 8 heteroatoms. The molecule has 24 heavy (non-hydrogen) atoms. The van der Waals surface area contributed by atoms with E-state index < -0.39 is 0 Å². The highest BCUT2D eigenvalue weighted by Crippen LogP contribution is 2.21. The van der Waals surface area contributed by atoms with E-state index >= 15 is 0 Å². The van der Waals surface area contributed by atoms with Crippen molar-refractivity contribution in [1.82, 2.24) is 25.3 Å². The average Bonchev–Trinajstić information content (AvgIpc) is 3.15. The molecule has 7 nitrogen and oxygen atoms in total. The number of likely N-dealkylation sites (N-methyl/N-ethyl adjacent to an activating group) is 1. The van der Waals surface area contributed by atoms with Crippen LogP contribution in [-0.4, -0.2) is 63.7 Å². The molecule has 0 saturated carbocycles. The number of likely N-dealkylation sites (tertiary alicyclic amines) is 1. The van der Waals surface area contributed by atoms with Gasteiger partial charge < -0.3 is 10.6 Å². The maximum Gasteiger partial charge on any atom is 0.237 e. The number of aromatic nitrogens is 2. The summed E-state index contributed by atoms with van der Waals surface area (Å²) < 4.78 is 1.88. The monoisotopic (exact) mass is 353 g/mol. The van der Waals surface area contributed by atoms with E-state index in [1.165, 1.54) is 11.8 Å². The lowest BCUT2D eigenvalue weighted by molar-refractivity contribution is -0.125. The summed E-state index contributed by atoms with van der Waals surface area (Å²) in [6.07, 6.45) is 6.41. The van der Waals surface area contributed by atoms with Gasteiger partial charge in [0, 0.05) is 44.0 Å². The van der Waals surface area contributed by atoms with Crippen molar-refractivity contribution in [2.75, 3.05) is 25.1 Å². The standard InChI is InChI=1S/C16H27N5O2S/c1-4-17-16(23)14-6-13(19-15(22)11-24-3)10-20(14)8-12-7-18-21(5-2)9-12/h7,9,13-14H,4-6,8,10-11H2,1-3H3,(H,17,23)(H,19,22)/t13-,14+/m1/s1. The van der Waals surface area contributed by atoms with Crippen LogP contribution >= 0.6 is 11.8 Å². The van der Waals surface area contributed by atoms with Crippen molar-refractivity contribution in [3.8, 4) is 0 Å². The van der Waals surface area contributed by atoms with E-state index in [4.69, 9.17) is 0 Å². The Morgan fingerprint density at radius 3 is 2.83 bits per heavy atom. The molecule has 1 aliphatic heterocycles. The first kappa shape index (κ1) is 18.8. The molecule has 2 N–H and O–H groups in total. The molecule has 0 spiro atoms. The number of carbonyl (C=O) groups is 2. The fourth-order valence-electron chi connectivity index (χ4n) is 3.04. The van der Waals surface area contributed by atoms with Crippen molar-refractivity contribution in [3.63, 3.8) is 0 Å². The number of carbonyl (C=O) groups excluding carboxylic acids is 2. The molecule has 1 aromatic rings. The molecule has 134 valence electrons. The Labute approximate surface area is 147 Å². The summed E-state index contributed by atoms with van der Waals surface area (Å²) in [5.41, 5.74) is 1.09. The number of thioether (sulfide) groups is 1. The Kier molecular flexibility index (Phi) is 7.11. The van der Waals surface area contributed by atoms with E-state index in [0.717, 1.165) is 12.1 Å². The van der Waals surface area contributed by atoms with Crippen LogP contribution < -0.4 is 10.6 Å². The second kappa shape index (κ2) is 9.08. The van der Waals surface area contributed by atoms with Crippen LogP contribution in [-0.2, 0) is 22.7 Å². The SMILES string of the molecule is CCNC(=O)[C@@H]1C[C@@H](NC(=O)CSC)CN1Cc1cnn(CC)c1. The predicted octanol–water partition coefficient (Wildman–Crippen LogP) is 0.461. The highest BCUT2D eigenvalue weighted by molar-refractivity contribution is 7.99. The van der Waals surface area contributed by atoms with Gasteiger partial charge in [-0.05, 0) is 26.5 Å². The van der Waals surface area contributed by atoms with Gasteiger partial charge in [-0.2, -0.15) is 16.9 Å². The van der Waals surface area contributed by atoms with Gasteiger partial charge in [-0.1, -0.05) is 0 Å². The van der Waals surface area contributed by atoms with Crippen LogP contribution in [0.2, 0.25) is 0 Å². The van der Waals surface area contributed by atoms with Crippen molar-refractivity contribution >= 4 is 23.6 Å². The van der Waals surface area contributed by atoms with Gasteiger partial charge in [0.1, 0.15) is 0 Å². The van der Waals surface area contributed by atoms with E-state index in [0.29, 0.717) is 31.8 Å². The van der Waals surface area contributed by atoms with Crippen LogP contribution in [0.3, 0.4) is 0 Å². The van der Waals surface area contributed by atoms with Crippen molar-refractivity contribution in [2.45, 2.75) is 45.4 Å². The lowest BCUT2D eigenvalue weighted by Gasteiger charge is -2.22. The van der Waals surface area contributed by atoms with E-state index in [1.807, 2.05) is 37.2 Å². The molecule has 1 aliphatic rings. The minimum atomic E-state index is -0.213. The van der Waals surface area contributed by atoms with Gasteiger partial charge in [0.2, 0.25) is 11.8 Å². The van der Waals surface area contributed by atoms with Crippen LogP contribution in [0.4, 0.5) is 0 Å². The zero-order valence-electron chi connectivity index (χ0n) is 14.6. The second-order valence-corrected chi connectivity index (χ2v) is 6.84. The minimum absolute atomic E-state index is 0.0125. The third-order valence-corrected chi connectivity index (χ3v) is 4.64. The number of nitrogens with zero attached hydrogens (tertiary/aromatic N) is 3. The zero-order valence-corrected chi connectivity index (χ0v) is 15.4. The fraction of sp³-hybridized carbons (Fsp3) is 0.688. The highest BCUT2D eigenvalue weighted by Gasteiger charge is 2.37. The van der Waals surface area contributed by atoms with Crippen LogP contribution in [0, 0.1) is 0 Å². The third-order valence-electron chi connectivity index (χ3n) is 4.09. The summed E-state index contributed by atoms with van der Waals surface area (Å²) in [4.78, 5) is 26.3. The van der Waals surface area contributed by atoms with Crippen molar-refractivity contribution in [2.24, 2.45) is 0 Å². The van der Waals surface area contributed by atoms with Gasteiger partial charge >= 0.3 is 0 Å². The molecule has 0 unspecified atom stereocenters. The van der Waals surface area contributed by atoms with E-state index in [-0.39, 0.29) is 23.9 Å². The summed E-state index contributed by atoms with van der Waals surface area (Å²) in [5.74, 6) is 0.510. The second-order valence-electron chi connectivity index (χ2n) is 5.98. The summed E-state index contributed by atoms with van der Waals surface area (Å²) in [6, 6.07) is -0.201. The topological polar surface area (TPSA) is 79.3 Å². The quantitative estimate of drug-likeness (QED) is 0.710. The van der Waals surface area contributed by atoms with Gasteiger partial charge in [0.05, 0.1) is 18.0 Å². The molecular weight excluding hydrogens is 326 g/mol. The lowest BCUT2D eigenvalue weighted by Crippen LogP contribution is -2.42. The largest absolute Gasteiger partial charge is 0.355 e. The van der Waals surface area contributed by atoms with Crippen LogP contribution in [0.5, 0.6) is 0 Å². The molecule has 0 radical (unpaired) electrons. The number of nitrogens with one attached hydrogen (secondary N) is 2. The van der Waals surface area contributed by atoms with Crippen LogP contribution in [0.15, 0.2) is 12.4 Å². The van der Waals surface area contributed by atoms with E-state index in [1.54, 1.807) is 0 Å². The molecule has 2 heterocycles. The first-order valence-corrected chi connectivity index (χ1v) is 9.78. The predicted molar refractivity (Wildman–Crippen MR) is 95.7 cm³/mol. The smallest absolute Gasteiger partial charge is 0.237 e. The molecule has 0 aromatic carbocycles. The maximum absolute atomic E-state index is 12.4. The maximum atomic E-state index is 12.4. The first-order chi connectivity index (χ1) is 11.6. The molecule has 0 bridgehead atoms. The molecule has 1 saturated heterocycles. The summed E-state index contributed by atoms with van der Waals surface area (Å²) >= 11 is 1.50. The lowest BCUT2D eigenvalue weighted by atomic mass is 10.1.